The molecule has 0 aliphatic rings. The van der Waals surface area contributed by atoms with Crippen LogP contribution in [0, 0.1) is 0 Å². The van der Waals surface area contributed by atoms with Crippen LogP contribution in [0.2, 0.25) is 0 Å². The molecule has 2 rings (SSSR count). The molecule has 0 aliphatic heterocycles. The van der Waals surface area contributed by atoms with E-state index in [0.29, 0.717) is 6.61 Å². The minimum absolute atomic E-state index is 0.0224. The van der Waals surface area contributed by atoms with E-state index < -0.39 is 0 Å². The highest BCUT2D eigenvalue weighted by Crippen LogP contribution is 2.36. The van der Waals surface area contributed by atoms with E-state index in [1.165, 1.54) is 0 Å². The van der Waals surface area contributed by atoms with Crippen LogP contribution in [-0.2, 0) is 5.41 Å². The van der Waals surface area contributed by atoms with Crippen molar-refractivity contribution in [2.24, 2.45) is 0 Å². The van der Waals surface area contributed by atoms with Gasteiger partial charge in [0.15, 0.2) is 0 Å². The van der Waals surface area contributed by atoms with Crippen LogP contribution < -0.4 is 10.5 Å². The van der Waals surface area contributed by atoms with E-state index in [0.717, 1.165) is 27.0 Å². The summed E-state index contributed by atoms with van der Waals surface area (Å²) >= 11 is 1.56. The number of hydrogen-bond donors (Lipinski definition) is 1. The Morgan fingerprint density at radius 2 is 2.05 bits per heavy atom. The molecule has 2 N–H and O–H groups in total. The van der Waals surface area contributed by atoms with Crippen molar-refractivity contribution in [2.45, 2.75) is 33.1 Å². The van der Waals surface area contributed by atoms with Gasteiger partial charge in [-0.05, 0) is 19.1 Å². The van der Waals surface area contributed by atoms with Gasteiger partial charge in [0.2, 0.25) is 0 Å². The van der Waals surface area contributed by atoms with Gasteiger partial charge in [-0.1, -0.05) is 32.9 Å². The molecule has 0 unspecified atom stereocenters. The minimum Gasteiger partial charge on any atom is -0.494 e. The number of nitrogens with two attached hydrogens (primary N) is 1. The first-order valence-electron chi connectivity index (χ1n) is 6.42. The maximum Gasteiger partial charge on any atom is 0.119 e. The van der Waals surface area contributed by atoms with Gasteiger partial charge in [0.05, 0.1) is 6.61 Å². The van der Waals surface area contributed by atoms with Crippen molar-refractivity contribution in [1.82, 2.24) is 4.98 Å². The monoisotopic (exact) mass is 276 g/mol. The predicted octanol–water partition coefficient (Wildman–Crippen LogP) is 4.09. The summed E-state index contributed by atoms with van der Waals surface area (Å²) in [6.45, 7) is 9.06. The van der Waals surface area contributed by atoms with Gasteiger partial charge in [-0.3, -0.25) is 0 Å². The van der Waals surface area contributed by atoms with Crippen molar-refractivity contribution in [3.63, 3.8) is 0 Å². The summed E-state index contributed by atoms with van der Waals surface area (Å²) in [7, 11) is 0. The Balaban J connectivity index is 2.41. The average molecular weight is 276 g/mol. The second-order valence-corrected chi connectivity index (χ2v) is 6.47. The van der Waals surface area contributed by atoms with Crippen molar-refractivity contribution in [1.29, 1.82) is 0 Å². The van der Waals surface area contributed by atoms with Crippen LogP contribution >= 0.6 is 11.3 Å². The smallest absolute Gasteiger partial charge is 0.119 e. The van der Waals surface area contributed by atoms with Gasteiger partial charge < -0.3 is 10.5 Å². The highest BCUT2D eigenvalue weighted by atomic mass is 32.1. The Morgan fingerprint density at radius 1 is 1.32 bits per heavy atom. The molecular formula is C15H20N2OS. The van der Waals surface area contributed by atoms with Crippen molar-refractivity contribution < 1.29 is 4.74 Å². The number of aromatic nitrogens is 1. The zero-order valence-electron chi connectivity index (χ0n) is 11.9. The van der Waals surface area contributed by atoms with Crippen molar-refractivity contribution in [3.8, 4) is 17.0 Å². The summed E-state index contributed by atoms with van der Waals surface area (Å²) in [5, 5.41) is 1.82. The Kier molecular flexibility index (Phi) is 3.80. The molecule has 102 valence electrons. The standard InChI is InChI=1S/C15H20N2OS/c1-5-18-11-8-6-7-10(9-11)12-13(16)19-14(17-12)15(2,3)4/h6-9H,5,16H2,1-4H3. The highest BCUT2D eigenvalue weighted by molar-refractivity contribution is 7.16. The van der Waals surface area contributed by atoms with E-state index in [9.17, 15) is 0 Å². The number of hydrogen-bond acceptors (Lipinski definition) is 4. The molecule has 0 amide bonds. The number of rotatable bonds is 3. The van der Waals surface area contributed by atoms with Gasteiger partial charge in [-0.2, -0.15) is 0 Å². The lowest BCUT2D eigenvalue weighted by Gasteiger charge is -2.13. The van der Waals surface area contributed by atoms with Gasteiger partial charge in [0, 0.05) is 11.0 Å². The number of nitrogens with zero attached hydrogens (tertiary/aromatic N) is 1. The molecular weight excluding hydrogens is 256 g/mol. The van der Waals surface area contributed by atoms with Crippen molar-refractivity contribution in [3.05, 3.63) is 29.3 Å². The molecule has 0 atom stereocenters. The fourth-order valence-electron chi connectivity index (χ4n) is 1.76. The van der Waals surface area contributed by atoms with Crippen LogP contribution in [0.5, 0.6) is 5.75 Å². The fraction of sp³-hybridized carbons (Fsp3) is 0.400. The van der Waals surface area contributed by atoms with Crippen LogP contribution in [0.15, 0.2) is 24.3 Å². The Bertz CT molecular complexity index is 570. The summed E-state index contributed by atoms with van der Waals surface area (Å²) in [4.78, 5) is 4.69. The topological polar surface area (TPSA) is 48.1 Å². The molecule has 0 aliphatic carbocycles. The first kappa shape index (κ1) is 13.9. The molecule has 2 aromatic rings. The summed E-state index contributed by atoms with van der Waals surface area (Å²) in [5.74, 6) is 0.852. The van der Waals surface area contributed by atoms with Gasteiger partial charge in [-0.15, -0.1) is 11.3 Å². The lowest BCUT2D eigenvalue weighted by atomic mass is 9.98. The molecule has 0 spiro atoms. The van der Waals surface area contributed by atoms with E-state index >= 15 is 0 Å². The number of ether oxygens (including phenoxy) is 1. The van der Waals surface area contributed by atoms with Crippen molar-refractivity contribution in [2.75, 3.05) is 12.3 Å². The number of nitrogen functional groups attached to an aromatic ring is 1. The Morgan fingerprint density at radius 3 is 2.63 bits per heavy atom. The van der Waals surface area contributed by atoms with Gasteiger partial charge in [0.1, 0.15) is 21.5 Å². The molecule has 0 saturated carbocycles. The third-order valence-electron chi connectivity index (χ3n) is 2.71. The summed E-state index contributed by atoms with van der Waals surface area (Å²) < 4.78 is 5.52. The van der Waals surface area contributed by atoms with Gasteiger partial charge in [-0.25, -0.2) is 4.98 Å². The highest BCUT2D eigenvalue weighted by Gasteiger charge is 2.21. The zero-order valence-corrected chi connectivity index (χ0v) is 12.7. The van der Waals surface area contributed by atoms with Crippen LogP contribution in [-0.4, -0.2) is 11.6 Å². The Hall–Kier alpha value is -1.55. The second kappa shape index (κ2) is 5.21. The third-order valence-corrected chi connectivity index (χ3v) is 4.02. The third kappa shape index (κ3) is 3.07. The quantitative estimate of drug-likeness (QED) is 0.918. The molecule has 3 nitrogen and oxygen atoms in total. The van der Waals surface area contributed by atoms with Crippen molar-refractivity contribution >= 4 is 16.3 Å². The zero-order chi connectivity index (χ0) is 14.0. The minimum atomic E-state index is 0.0224. The molecule has 1 aromatic carbocycles. The van der Waals surface area contributed by atoms with Crippen LogP contribution in [0.25, 0.3) is 11.3 Å². The van der Waals surface area contributed by atoms with E-state index in [2.05, 4.69) is 20.8 Å². The molecule has 0 bridgehead atoms. The van der Waals surface area contributed by atoms with Crippen LogP contribution in [0.1, 0.15) is 32.7 Å². The number of benzene rings is 1. The summed E-state index contributed by atoms with van der Waals surface area (Å²) in [5.41, 5.74) is 8.00. The predicted molar refractivity (Wildman–Crippen MR) is 81.8 cm³/mol. The second-order valence-electron chi connectivity index (χ2n) is 5.44. The average Bonchev–Trinajstić information content (AvgIpc) is 2.72. The largest absolute Gasteiger partial charge is 0.494 e. The molecule has 19 heavy (non-hydrogen) atoms. The van der Waals surface area contributed by atoms with E-state index in [-0.39, 0.29) is 5.41 Å². The lowest BCUT2D eigenvalue weighted by Crippen LogP contribution is -2.10. The summed E-state index contributed by atoms with van der Waals surface area (Å²) in [6.07, 6.45) is 0. The van der Waals surface area contributed by atoms with Crippen LogP contribution in [0.4, 0.5) is 5.00 Å². The van der Waals surface area contributed by atoms with E-state index in [1.54, 1.807) is 11.3 Å². The molecule has 0 saturated heterocycles. The Labute approximate surface area is 118 Å². The molecule has 4 heteroatoms. The summed E-state index contributed by atoms with van der Waals surface area (Å²) in [6, 6.07) is 7.91. The number of anilines is 1. The fourth-order valence-corrected chi connectivity index (χ4v) is 2.67. The SMILES string of the molecule is CCOc1cccc(-c2nc(C(C)(C)C)sc2N)c1. The molecule has 0 radical (unpaired) electrons. The normalized spacial score (nSPS) is 11.6. The molecule has 1 heterocycles. The van der Waals surface area contributed by atoms with Gasteiger partial charge >= 0.3 is 0 Å². The van der Waals surface area contributed by atoms with E-state index in [1.807, 2.05) is 31.2 Å². The molecule has 1 aromatic heterocycles. The van der Waals surface area contributed by atoms with Crippen LogP contribution in [0.3, 0.4) is 0 Å². The molecule has 0 fully saturated rings. The lowest BCUT2D eigenvalue weighted by molar-refractivity contribution is 0.340. The van der Waals surface area contributed by atoms with Gasteiger partial charge in [0.25, 0.3) is 0 Å². The number of thiazole rings is 1. The maximum atomic E-state index is 6.11. The maximum absolute atomic E-state index is 6.11. The first-order valence-corrected chi connectivity index (χ1v) is 7.23. The van der Waals surface area contributed by atoms with E-state index in [4.69, 9.17) is 15.5 Å². The first-order chi connectivity index (χ1) is 8.91.